The second-order valence-corrected chi connectivity index (χ2v) is 2.70. The van der Waals surface area contributed by atoms with Gasteiger partial charge in [-0.05, 0) is 18.6 Å². The highest BCUT2D eigenvalue weighted by Gasteiger charge is 1.97. The molecule has 1 aromatic rings. The van der Waals surface area contributed by atoms with E-state index in [1.807, 2.05) is 22.9 Å². The van der Waals surface area contributed by atoms with Crippen LogP contribution in [0.4, 0.5) is 0 Å². The van der Waals surface area contributed by atoms with Crippen molar-refractivity contribution in [3.8, 4) is 0 Å². The van der Waals surface area contributed by atoms with E-state index in [9.17, 15) is 0 Å². The Morgan fingerprint density at radius 1 is 1.58 bits per heavy atom. The van der Waals surface area contributed by atoms with Gasteiger partial charge in [-0.3, -0.25) is 0 Å². The molecule has 0 bridgehead atoms. The number of rotatable bonds is 5. The quantitative estimate of drug-likeness (QED) is 0.668. The molecule has 0 saturated carbocycles. The van der Waals surface area contributed by atoms with Crippen LogP contribution in [0, 0.1) is 0 Å². The SMILES string of the molecule is COCCCn1cccc1CO. The second kappa shape index (κ2) is 4.95. The van der Waals surface area contributed by atoms with Crippen molar-refractivity contribution in [3.63, 3.8) is 0 Å². The van der Waals surface area contributed by atoms with Crippen LogP contribution in [0.3, 0.4) is 0 Å². The Morgan fingerprint density at radius 2 is 2.42 bits per heavy atom. The predicted octanol–water partition coefficient (Wildman–Crippen LogP) is 1.02. The molecule has 68 valence electrons. The Kier molecular flexibility index (Phi) is 3.84. The highest BCUT2D eigenvalue weighted by molar-refractivity contribution is 5.05. The molecule has 0 aliphatic heterocycles. The third-order valence-electron chi connectivity index (χ3n) is 1.83. The molecule has 0 fully saturated rings. The fraction of sp³-hybridized carbons (Fsp3) is 0.556. The van der Waals surface area contributed by atoms with Crippen LogP contribution in [-0.4, -0.2) is 23.4 Å². The van der Waals surface area contributed by atoms with E-state index in [2.05, 4.69) is 0 Å². The molecule has 1 rings (SSSR count). The van der Waals surface area contributed by atoms with Gasteiger partial charge in [0.05, 0.1) is 6.61 Å². The number of aliphatic hydroxyl groups is 1. The van der Waals surface area contributed by atoms with Gasteiger partial charge in [-0.2, -0.15) is 0 Å². The minimum atomic E-state index is 0.111. The predicted molar refractivity (Wildman–Crippen MR) is 46.8 cm³/mol. The fourth-order valence-corrected chi connectivity index (χ4v) is 1.19. The maximum absolute atomic E-state index is 8.91. The van der Waals surface area contributed by atoms with E-state index in [0.29, 0.717) is 0 Å². The minimum absolute atomic E-state index is 0.111. The van der Waals surface area contributed by atoms with E-state index in [4.69, 9.17) is 9.84 Å². The molecular formula is C9H15NO2. The van der Waals surface area contributed by atoms with Crippen molar-refractivity contribution in [3.05, 3.63) is 24.0 Å². The first-order chi connectivity index (χ1) is 5.88. The molecule has 0 unspecified atom stereocenters. The van der Waals surface area contributed by atoms with E-state index in [1.54, 1.807) is 7.11 Å². The Morgan fingerprint density at radius 3 is 3.08 bits per heavy atom. The summed E-state index contributed by atoms with van der Waals surface area (Å²) < 4.78 is 6.98. The normalized spacial score (nSPS) is 10.5. The first-order valence-corrected chi connectivity index (χ1v) is 4.12. The fourth-order valence-electron chi connectivity index (χ4n) is 1.19. The van der Waals surface area contributed by atoms with Crippen LogP contribution >= 0.6 is 0 Å². The van der Waals surface area contributed by atoms with Crippen molar-refractivity contribution in [1.29, 1.82) is 0 Å². The summed E-state index contributed by atoms with van der Waals surface area (Å²) in [6, 6.07) is 3.87. The van der Waals surface area contributed by atoms with E-state index in [1.165, 1.54) is 0 Å². The third kappa shape index (κ3) is 2.36. The van der Waals surface area contributed by atoms with Crippen LogP contribution in [0.1, 0.15) is 12.1 Å². The number of ether oxygens (including phenoxy) is 1. The van der Waals surface area contributed by atoms with Crippen molar-refractivity contribution in [2.75, 3.05) is 13.7 Å². The summed E-state index contributed by atoms with van der Waals surface area (Å²) in [5.41, 5.74) is 0.964. The molecule has 12 heavy (non-hydrogen) atoms. The Balaban J connectivity index is 2.39. The summed E-state index contributed by atoms with van der Waals surface area (Å²) >= 11 is 0. The molecule has 0 amide bonds. The van der Waals surface area contributed by atoms with Gasteiger partial charge in [0.25, 0.3) is 0 Å². The first-order valence-electron chi connectivity index (χ1n) is 4.12. The molecule has 0 saturated heterocycles. The van der Waals surface area contributed by atoms with E-state index >= 15 is 0 Å². The summed E-state index contributed by atoms with van der Waals surface area (Å²) in [4.78, 5) is 0. The number of aryl methyl sites for hydroxylation is 1. The lowest BCUT2D eigenvalue weighted by Crippen LogP contribution is -2.03. The van der Waals surface area contributed by atoms with Crippen molar-refractivity contribution in [2.45, 2.75) is 19.6 Å². The Labute approximate surface area is 72.6 Å². The molecule has 0 atom stereocenters. The maximum Gasteiger partial charge on any atom is 0.0832 e. The second-order valence-electron chi connectivity index (χ2n) is 2.70. The molecular weight excluding hydrogens is 154 g/mol. The van der Waals surface area contributed by atoms with Crippen LogP contribution in [-0.2, 0) is 17.9 Å². The lowest BCUT2D eigenvalue weighted by atomic mass is 10.4. The average molecular weight is 169 g/mol. The van der Waals surface area contributed by atoms with Gasteiger partial charge in [0.1, 0.15) is 0 Å². The molecule has 1 N–H and O–H groups in total. The zero-order valence-corrected chi connectivity index (χ0v) is 7.36. The van der Waals surface area contributed by atoms with Crippen molar-refractivity contribution < 1.29 is 9.84 Å². The molecule has 0 spiro atoms. The van der Waals surface area contributed by atoms with E-state index in [-0.39, 0.29) is 6.61 Å². The van der Waals surface area contributed by atoms with Gasteiger partial charge in [-0.25, -0.2) is 0 Å². The van der Waals surface area contributed by atoms with Crippen LogP contribution < -0.4 is 0 Å². The highest BCUT2D eigenvalue weighted by Crippen LogP contribution is 2.02. The smallest absolute Gasteiger partial charge is 0.0832 e. The van der Waals surface area contributed by atoms with Gasteiger partial charge < -0.3 is 14.4 Å². The Hall–Kier alpha value is -0.800. The number of methoxy groups -OCH3 is 1. The number of nitrogens with zero attached hydrogens (tertiary/aromatic N) is 1. The van der Waals surface area contributed by atoms with Gasteiger partial charge >= 0.3 is 0 Å². The minimum Gasteiger partial charge on any atom is -0.390 e. The number of aliphatic hydroxyl groups excluding tert-OH is 1. The molecule has 3 heteroatoms. The molecule has 0 aliphatic rings. The zero-order chi connectivity index (χ0) is 8.81. The number of aromatic nitrogens is 1. The van der Waals surface area contributed by atoms with Crippen LogP contribution in [0.2, 0.25) is 0 Å². The van der Waals surface area contributed by atoms with Crippen LogP contribution in [0.25, 0.3) is 0 Å². The van der Waals surface area contributed by atoms with Gasteiger partial charge in [0.2, 0.25) is 0 Å². The Bertz CT molecular complexity index is 220. The van der Waals surface area contributed by atoms with E-state index in [0.717, 1.165) is 25.3 Å². The van der Waals surface area contributed by atoms with Gasteiger partial charge in [-0.1, -0.05) is 0 Å². The summed E-state index contributed by atoms with van der Waals surface area (Å²) in [5, 5.41) is 8.91. The van der Waals surface area contributed by atoms with Gasteiger partial charge in [0.15, 0.2) is 0 Å². The lowest BCUT2D eigenvalue weighted by Gasteiger charge is -2.05. The number of hydrogen-bond acceptors (Lipinski definition) is 2. The van der Waals surface area contributed by atoms with Crippen LogP contribution in [0.5, 0.6) is 0 Å². The maximum atomic E-state index is 8.91. The topological polar surface area (TPSA) is 34.4 Å². The van der Waals surface area contributed by atoms with Crippen molar-refractivity contribution in [2.24, 2.45) is 0 Å². The standard InChI is InChI=1S/C9H15NO2/c1-12-7-3-6-10-5-2-4-9(10)8-11/h2,4-5,11H,3,6-8H2,1H3. The molecule has 0 aromatic carbocycles. The lowest BCUT2D eigenvalue weighted by molar-refractivity contribution is 0.189. The summed E-state index contributed by atoms with van der Waals surface area (Å²) in [5.74, 6) is 0. The largest absolute Gasteiger partial charge is 0.390 e. The number of hydrogen-bond donors (Lipinski definition) is 1. The monoisotopic (exact) mass is 169 g/mol. The first kappa shape index (κ1) is 9.29. The molecule has 0 aliphatic carbocycles. The van der Waals surface area contributed by atoms with Gasteiger partial charge in [-0.15, -0.1) is 0 Å². The summed E-state index contributed by atoms with van der Waals surface area (Å²) in [6.45, 7) is 1.79. The summed E-state index contributed by atoms with van der Waals surface area (Å²) in [6.07, 6.45) is 2.96. The molecule has 0 radical (unpaired) electrons. The van der Waals surface area contributed by atoms with Crippen molar-refractivity contribution in [1.82, 2.24) is 4.57 Å². The highest BCUT2D eigenvalue weighted by atomic mass is 16.5. The third-order valence-corrected chi connectivity index (χ3v) is 1.83. The summed E-state index contributed by atoms with van der Waals surface area (Å²) in [7, 11) is 1.70. The zero-order valence-electron chi connectivity index (χ0n) is 7.36. The average Bonchev–Trinajstić information content (AvgIpc) is 2.52. The van der Waals surface area contributed by atoms with Crippen molar-refractivity contribution >= 4 is 0 Å². The van der Waals surface area contributed by atoms with Gasteiger partial charge in [0, 0.05) is 32.2 Å². The van der Waals surface area contributed by atoms with Crippen LogP contribution in [0.15, 0.2) is 18.3 Å². The molecule has 1 aromatic heterocycles. The molecule has 1 heterocycles. The van der Waals surface area contributed by atoms with E-state index < -0.39 is 0 Å². The molecule has 3 nitrogen and oxygen atoms in total.